The minimum atomic E-state index is 0.134. The molecule has 0 aliphatic carbocycles. The number of hydrogen-bond acceptors (Lipinski definition) is 2. The summed E-state index contributed by atoms with van der Waals surface area (Å²) in [5.74, 6) is 3.40. The topological polar surface area (TPSA) is 12.5 Å². The Labute approximate surface area is 91.9 Å². The highest BCUT2D eigenvalue weighted by Gasteiger charge is 2.07. The number of likely N-dealkylation sites (N-methyl/N-ethyl adjacent to an activating group) is 1. The van der Waals surface area contributed by atoms with Crippen molar-refractivity contribution in [2.45, 2.75) is 13.0 Å². The van der Waals surface area contributed by atoms with Crippen LogP contribution in [0.15, 0.2) is 24.3 Å². The molecule has 1 rings (SSSR count). The molecule has 0 radical (unpaired) electrons. The Morgan fingerprint density at radius 3 is 2.67 bits per heavy atom. The average Bonchev–Trinajstić information content (AvgIpc) is 2.17. The van der Waals surface area contributed by atoms with Crippen molar-refractivity contribution in [1.29, 1.82) is 0 Å². The van der Waals surface area contributed by atoms with Gasteiger partial charge in [0.2, 0.25) is 0 Å². The van der Waals surface area contributed by atoms with Gasteiger partial charge < -0.3 is 9.64 Å². The lowest BCUT2D eigenvalue weighted by molar-refractivity contribution is 0.176. The van der Waals surface area contributed by atoms with Gasteiger partial charge in [-0.1, -0.05) is 18.1 Å². The molecule has 1 unspecified atom stereocenters. The molecule has 0 aliphatic heterocycles. The molecule has 1 aromatic rings. The van der Waals surface area contributed by atoms with Gasteiger partial charge in [-0.2, -0.15) is 0 Å². The van der Waals surface area contributed by atoms with E-state index in [0.717, 1.165) is 17.9 Å². The van der Waals surface area contributed by atoms with Crippen LogP contribution in [0, 0.1) is 12.3 Å². The molecule has 0 saturated carbocycles. The van der Waals surface area contributed by atoms with E-state index in [-0.39, 0.29) is 6.10 Å². The molecule has 1 atom stereocenters. The van der Waals surface area contributed by atoms with Gasteiger partial charge in [-0.25, -0.2) is 0 Å². The summed E-state index contributed by atoms with van der Waals surface area (Å²) in [4.78, 5) is 2.09. The summed E-state index contributed by atoms with van der Waals surface area (Å²) in [5, 5.41) is 0. The fourth-order valence-corrected chi connectivity index (χ4v) is 1.46. The molecule has 0 heterocycles. The predicted octanol–water partition coefficient (Wildman–Crippen LogP) is 2.00. The van der Waals surface area contributed by atoms with Crippen LogP contribution < -0.4 is 4.74 Å². The van der Waals surface area contributed by atoms with Crippen LogP contribution in [0.3, 0.4) is 0 Å². The first-order chi connectivity index (χ1) is 7.13. The van der Waals surface area contributed by atoms with Crippen LogP contribution in [-0.2, 0) is 0 Å². The maximum atomic E-state index is 5.76. The Morgan fingerprint density at radius 2 is 2.07 bits per heavy atom. The minimum absolute atomic E-state index is 0.134. The largest absolute Gasteiger partial charge is 0.488 e. The molecule has 2 nitrogen and oxygen atoms in total. The molecule has 0 aliphatic rings. The molecule has 0 spiro atoms. The number of terminal acetylenes is 1. The molecule has 0 saturated heterocycles. The fourth-order valence-electron chi connectivity index (χ4n) is 1.46. The Bertz CT molecular complexity index is 352. The number of nitrogens with zero attached hydrogens (tertiary/aromatic N) is 1. The van der Waals surface area contributed by atoms with Gasteiger partial charge in [-0.3, -0.25) is 0 Å². The smallest absolute Gasteiger partial charge is 0.135 e. The first-order valence-electron chi connectivity index (χ1n) is 5.00. The maximum absolute atomic E-state index is 5.76. The third kappa shape index (κ3) is 3.65. The number of rotatable bonds is 4. The van der Waals surface area contributed by atoms with Crippen molar-refractivity contribution in [2.75, 3.05) is 20.6 Å². The van der Waals surface area contributed by atoms with E-state index < -0.39 is 0 Å². The second-order valence-corrected chi connectivity index (χ2v) is 3.83. The first-order valence-corrected chi connectivity index (χ1v) is 5.00. The zero-order chi connectivity index (χ0) is 11.3. The first kappa shape index (κ1) is 11.6. The van der Waals surface area contributed by atoms with Gasteiger partial charge in [0.1, 0.15) is 11.9 Å². The van der Waals surface area contributed by atoms with E-state index >= 15 is 0 Å². The van der Waals surface area contributed by atoms with Crippen molar-refractivity contribution in [1.82, 2.24) is 4.90 Å². The second-order valence-electron chi connectivity index (χ2n) is 3.83. The Kier molecular flexibility index (Phi) is 4.20. The minimum Gasteiger partial charge on any atom is -0.488 e. The summed E-state index contributed by atoms with van der Waals surface area (Å²) >= 11 is 0. The van der Waals surface area contributed by atoms with E-state index in [1.807, 2.05) is 45.3 Å². The van der Waals surface area contributed by atoms with Gasteiger partial charge in [0, 0.05) is 6.54 Å². The SMILES string of the molecule is C#Cc1ccccc1OC(C)CN(C)C. The van der Waals surface area contributed by atoms with E-state index in [2.05, 4.69) is 10.8 Å². The molecule has 0 fully saturated rings. The third-order valence-electron chi connectivity index (χ3n) is 1.99. The maximum Gasteiger partial charge on any atom is 0.135 e. The van der Waals surface area contributed by atoms with Gasteiger partial charge in [0.15, 0.2) is 0 Å². The standard InChI is InChI=1S/C13H17NO/c1-5-12-8-6-7-9-13(12)15-11(2)10-14(3)4/h1,6-9,11H,10H2,2-4H3. The molecule has 0 bridgehead atoms. The summed E-state index contributed by atoms with van der Waals surface area (Å²) in [6, 6.07) is 7.64. The zero-order valence-electron chi connectivity index (χ0n) is 9.53. The Hall–Kier alpha value is -1.46. The lowest BCUT2D eigenvalue weighted by atomic mass is 10.2. The van der Waals surface area contributed by atoms with Crippen molar-refractivity contribution in [3.63, 3.8) is 0 Å². The second kappa shape index (κ2) is 5.43. The van der Waals surface area contributed by atoms with Crippen LogP contribution in [0.2, 0.25) is 0 Å². The summed E-state index contributed by atoms with van der Waals surface area (Å²) < 4.78 is 5.76. The van der Waals surface area contributed by atoms with Gasteiger partial charge >= 0.3 is 0 Å². The average molecular weight is 203 g/mol. The quantitative estimate of drug-likeness (QED) is 0.694. The number of para-hydroxylation sites is 1. The van der Waals surface area contributed by atoms with Crippen molar-refractivity contribution in [3.8, 4) is 18.1 Å². The lowest BCUT2D eigenvalue weighted by Gasteiger charge is -2.19. The predicted molar refractivity (Wildman–Crippen MR) is 63.0 cm³/mol. The third-order valence-corrected chi connectivity index (χ3v) is 1.99. The highest BCUT2D eigenvalue weighted by Crippen LogP contribution is 2.18. The molecule has 1 aromatic carbocycles. The van der Waals surface area contributed by atoms with Gasteiger partial charge in [0.05, 0.1) is 5.56 Å². The molecule has 0 N–H and O–H groups in total. The number of ether oxygens (including phenoxy) is 1. The van der Waals surface area contributed by atoms with E-state index in [1.54, 1.807) is 0 Å². The summed E-state index contributed by atoms with van der Waals surface area (Å²) in [6.07, 6.45) is 5.52. The number of hydrogen-bond donors (Lipinski definition) is 0. The van der Waals surface area contributed by atoms with E-state index in [1.165, 1.54) is 0 Å². The van der Waals surface area contributed by atoms with Crippen LogP contribution >= 0.6 is 0 Å². The summed E-state index contributed by atoms with van der Waals surface area (Å²) in [7, 11) is 4.04. The highest BCUT2D eigenvalue weighted by atomic mass is 16.5. The summed E-state index contributed by atoms with van der Waals surface area (Å²) in [5.41, 5.74) is 0.808. The molecule has 0 aromatic heterocycles. The highest BCUT2D eigenvalue weighted by molar-refractivity contribution is 5.44. The van der Waals surface area contributed by atoms with Gasteiger partial charge in [0.25, 0.3) is 0 Å². The zero-order valence-corrected chi connectivity index (χ0v) is 9.53. The monoisotopic (exact) mass is 203 g/mol. The molecule has 2 heteroatoms. The van der Waals surface area contributed by atoms with Gasteiger partial charge in [-0.15, -0.1) is 6.42 Å². The van der Waals surface area contributed by atoms with Crippen molar-refractivity contribution >= 4 is 0 Å². The Morgan fingerprint density at radius 1 is 1.40 bits per heavy atom. The number of benzene rings is 1. The fraction of sp³-hybridized carbons (Fsp3) is 0.385. The molecule has 15 heavy (non-hydrogen) atoms. The van der Waals surface area contributed by atoms with Crippen LogP contribution in [0.4, 0.5) is 0 Å². The van der Waals surface area contributed by atoms with Crippen molar-refractivity contribution < 1.29 is 4.74 Å². The molecular formula is C13H17NO. The molecule has 80 valence electrons. The van der Waals surface area contributed by atoms with Crippen LogP contribution in [0.1, 0.15) is 12.5 Å². The van der Waals surface area contributed by atoms with Crippen LogP contribution in [0.25, 0.3) is 0 Å². The van der Waals surface area contributed by atoms with E-state index in [9.17, 15) is 0 Å². The van der Waals surface area contributed by atoms with Crippen LogP contribution in [-0.4, -0.2) is 31.6 Å². The van der Waals surface area contributed by atoms with Gasteiger partial charge in [-0.05, 0) is 33.2 Å². The van der Waals surface area contributed by atoms with Crippen molar-refractivity contribution in [2.24, 2.45) is 0 Å². The molecule has 0 amide bonds. The van der Waals surface area contributed by atoms with E-state index in [4.69, 9.17) is 11.2 Å². The van der Waals surface area contributed by atoms with Crippen LogP contribution in [0.5, 0.6) is 5.75 Å². The molecular weight excluding hydrogens is 186 g/mol. The Balaban J connectivity index is 2.68. The normalized spacial score (nSPS) is 12.2. The van der Waals surface area contributed by atoms with Crippen molar-refractivity contribution in [3.05, 3.63) is 29.8 Å². The van der Waals surface area contributed by atoms with E-state index in [0.29, 0.717) is 0 Å². The lowest BCUT2D eigenvalue weighted by Crippen LogP contribution is -2.28. The summed E-state index contributed by atoms with van der Waals surface area (Å²) in [6.45, 7) is 2.91.